The van der Waals surface area contributed by atoms with E-state index in [2.05, 4.69) is 35.3 Å². The summed E-state index contributed by atoms with van der Waals surface area (Å²) in [6.07, 6.45) is 1.09. The number of carbonyl (C=O) groups excluding carboxylic acids is 1. The first-order chi connectivity index (χ1) is 9.20. The molecule has 0 unspecified atom stereocenters. The Hall–Kier alpha value is -1.91. The standard InChI is InChI=1S/C14H17N3O2/c1-16-6-5-12-11(3-2-4-13(12)16)10-8-17(9-10)14(18)7-15-19/h2-4,10H,5-9H2,1H3. The van der Waals surface area contributed by atoms with Gasteiger partial charge in [-0.05, 0) is 23.6 Å². The topological polar surface area (TPSA) is 53.0 Å². The number of anilines is 1. The summed E-state index contributed by atoms with van der Waals surface area (Å²) in [6.45, 7) is 2.27. The zero-order chi connectivity index (χ0) is 13.4. The minimum Gasteiger partial charge on any atom is -0.374 e. The van der Waals surface area contributed by atoms with Crippen LogP contribution in [0.5, 0.6) is 0 Å². The number of fused-ring (bicyclic) bond motifs is 1. The maximum atomic E-state index is 11.5. The fourth-order valence-corrected chi connectivity index (χ4v) is 3.04. The van der Waals surface area contributed by atoms with E-state index in [0.29, 0.717) is 19.0 Å². The molecule has 1 fully saturated rings. The van der Waals surface area contributed by atoms with Crippen molar-refractivity contribution in [3.05, 3.63) is 34.2 Å². The molecule has 1 aromatic rings. The van der Waals surface area contributed by atoms with Gasteiger partial charge in [-0.2, -0.15) is 4.91 Å². The molecule has 100 valence electrons. The third-order valence-electron chi connectivity index (χ3n) is 4.17. The smallest absolute Gasteiger partial charge is 0.247 e. The van der Waals surface area contributed by atoms with Crippen LogP contribution in [0, 0.1) is 4.91 Å². The normalized spacial score (nSPS) is 18.2. The Morgan fingerprint density at radius 3 is 2.95 bits per heavy atom. The highest BCUT2D eigenvalue weighted by Gasteiger charge is 2.34. The molecule has 0 N–H and O–H groups in total. The van der Waals surface area contributed by atoms with E-state index in [0.717, 1.165) is 13.0 Å². The molecule has 1 aromatic carbocycles. The van der Waals surface area contributed by atoms with Crippen molar-refractivity contribution in [1.82, 2.24) is 4.90 Å². The molecule has 2 aliphatic heterocycles. The molecular weight excluding hydrogens is 242 g/mol. The van der Waals surface area contributed by atoms with E-state index in [9.17, 15) is 9.70 Å². The highest BCUT2D eigenvalue weighted by Crippen LogP contribution is 2.36. The van der Waals surface area contributed by atoms with E-state index >= 15 is 0 Å². The summed E-state index contributed by atoms with van der Waals surface area (Å²) in [5.74, 6) is 0.257. The van der Waals surface area contributed by atoms with Crippen LogP contribution >= 0.6 is 0 Å². The summed E-state index contributed by atoms with van der Waals surface area (Å²) in [4.78, 5) is 25.6. The second kappa shape index (κ2) is 4.64. The van der Waals surface area contributed by atoms with E-state index in [1.54, 1.807) is 4.90 Å². The van der Waals surface area contributed by atoms with Crippen molar-refractivity contribution in [3.63, 3.8) is 0 Å². The molecule has 2 heterocycles. The molecule has 0 spiro atoms. The van der Waals surface area contributed by atoms with Crippen LogP contribution in [0.3, 0.4) is 0 Å². The monoisotopic (exact) mass is 259 g/mol. The van der Waals surface area contributed by atoms with Gasteiger partial charge in [0, 0.05) is 38.3 Å². The van der Waals surface area contributed by atoms with Gasteiger partial charge in [-0.15, -0.1) is 0 Å². The van der Waals surface area contributed by atoms with Gasteiger partial charge in [0.05, 0.1) is 0 Å². The van der Waals surface area contributed by atoms with Gasteiger partial charge in [-0.1, -0.05) is 17.3 Å². The molecule has 1 saturated heterocycles. The number of hydrogen-bond donors (Lipinski definition) is 0. The fraction of sp³-hybridized carbons (Fsp3) is 0.500. The fourth-order valence-electron chi connectivity index (χ4n) is 3.04. The Kier molecular flexibility index (Phi) is 2.97. The minimum atomic E-state index is -0.234. The summed E-state index contributed by atoms with van der Waals surface area (Å²) >= 11 is 0. The lowest BCUT2D eigenvalue weighted by molar-refractivity contribution is -0.134. The number of nitroso groups, excluding NO2 is 1. The Morgan fingerprint density at radius 1 is 1.42 bits per heavy atom. The summed E-state index contributed by atoms with van der Waals surface area (Å²) < 4.78 is 0. The van der Waals surface area contributed by atoms with E-state index in [-0.39, 0.29) is 12.5 Å². The molecule has 0 aliphatic carbocycles. The van der Waals surface area contributed by atoms with Crippen molar-refractivity contribution in [2.24, 2.45) is 5.18 Å². The summed E-state index contributed by atoms with van der Waals surface area (Å²) in [6, 6.07) is 6.42. The third kappa shape index (κ3) is 1.99. The molecule has 5 heteroatoms. The zero-order valence-electron chi connectivity index (χ0n) is 11.0. The van der Waals surface area contributed by atoms with Gasteiger partial charge in [0.2, 0.25) is 5.91 Å². The van der Waals surface area contributed by atoms with Gasteiger partial charge >= 0.3 is 0 Å². The summed E-state index contributed by atoms with van der Waals surface area (Å²) in [5.41, 5.74) is 4.11. The molecule has 5 nitrogen and oxygen atoms in total. The molecule has 0 bridgehead atoms. The lowest BCUT2D eigenvalue weighted by Gasteiger charge is -2.40. The van der Waals surface area contributed by atoms with E-state index in [4.69, 9.17) is 0 Å². The van der Waals surface area contributed by atoms with Crippen molar-refractivity contribution in [2.75, 3.05) is 38.1 Å². The summed E-state index contributed by atoms with van der Waals surface area (Å²) in [5, 5.41) is 2.66. The maximum absolute atomic E-state index is 11.5. The minimum absolute atomic E-state index is 0.157. The van der Waals surface area contributed by atoms with Crippen LogP contribution in [0.1, 0.15) is 17.0 Å². The van der Waals surface area contributed by atoms with Gasteiger partial charge in [0.15, 0.2) is 6.54 Å². The van der Waals surface area contributed by atoms with Gasteiger partial charge in [0.1, 0.15) is 0 Å². The van der Waals surface area contributed by atoms with Crippen molar-refractivity contribution in [3.8, 4) is 0 Å². The van der Waals surface area contributed by atoms with Gasteiger partial charge < -0.3 is 9.80 Å². The van der Waals surface area contributed by atoms with Crippen molar-refractivity contribution in [1.29, 1.82) is 0 Å². The van der Waals surface area contributed by atoms with Crippen LogP contribution in [-0.4, -0.2) is 44.0 Å². The largest absolute Gasteiger partial charge is 0.374 e. The van der Waals surface area contributed by atoms with Crippen LogP contribution in [0.4, 0.5) is 5.69 Å². The lowest BCUT2D eigenvalue weighted by atomic mass is 9.87. The van der Waals surface area contributed by atoms with Crippen LogP contribution in [0.15, 0.2) is 23.4 Å². The first-order valence-corrected chi connectivity index (χ1v) is 6.60. The van der Waals surface area contributed by atoms with E-state index < -0.39 is 0 Å². The molecule has 0 aromatic heterocycles. The molecule has 0 atom stereocenters. The number of likely N-dealkylation sites (tertiary alicyclic amines) is 1. The quantitative estimate of drug-likeness (QED) is 0.770. The maximum Gasteiger partial charge on any atom is 0.247 e. The van der Waals surface area contributed by atoms with Crippen molar-refractivity contribution >= 4 is 11.6 Å². The van der Waals surface area contributed by atoms with Crippen LogP contribution < -0.4 is 4.90 Å². The molecule has 1 amide bonds. The Balaban J connectivity index is 1.73. The highest BCUT2D eigenvalue weighted by atomic mass is 16.3. The van der Waals surface area contributed by atoms with Gasteiger partial charge in [-0.25, -0.2) is 0 Å². The van der Waals surface area contributed by atoms with Crippen LogP contribution in [0.25, 0.3) is 0 Å². The average Bonchev–Trinajstić information content (AvgIpc) is 2.71. The average molecular weight is 259 g/mol. The Morgan fingerprint density at radius 2 is 2.21 bits per heavy atom. The number of likely N-dealkylation sites (N-methyl/N-ethyl adjacent to an activating group) is 1. The first-order valence-electron chi connectivity index (χ1n) is 6.60. The number of benzene rings is 1. The van der Waals surface area contributed by atoms with Gasteiger partial charge in [0.25, 0.3) is 0 Å². The number of amides is 1. The number of rotatable bonds is 3. The molecule has 2 aliphatic rings. The number of carbonyl (C=O) groups is 1. The number of hydrogen-bond acceptors (Lipinski definition) is 4. The molecule has 19 heavy (non-hydrogen) atoms. The lowest BCUT2D eigenvalue weighted by Crippen LogP contribution is -2.49. The van der Waals surface area contributed by atoms with Crippen LogP contribution in [0.2, 0.25) is 0 Å². The molecule has 0 saturated carbocycles. The second-order valence-electron chi connectivity index (χ2n) is 5.30. The molecule has 3 rings (SSSR count). The predicted molar refractivity (Wildman–Crippen MR) is 73.4 cm³/mol. The Labute approximate surface area is 112 Å². The SMILES string of the molecule is CN1CCc2c(C3CN(C(=O)CN=O)C3)cccc21. The number of nitrogens with zero attached hydrogens (tertiary/aromatic N) is 3. The third-order valence-corrected chi connectivity index (χ3v) is 4.17. The van der Waals surface area contributed by atoms with Crippen LogP contribution in [-0.2, 0) is 11.2 Å². The summed E-state index contributed by atoms with van der Waals surface area (Å²) in [7, 11) is 2.11. The molecule has 0 radical (unpaired) electrons. The van der Waals surface area contributed by atoms with E-state index in [1.165, 1.54) is 16.8 Å². The predicted octanol–water partition coefficient (Wildman–Crippen LogP) is 1.37. The first kappa shape index (κ1) is 12.1. The Bertz CT molecular complexity index is 523. The van der Waals surface area contributed by atoms with Crippen molar-refractivity contribution in [2.45, 2.75) is 12.3 Å². The zero-order valence-corrected chi connectivity index (χ0v) is 11.0. The molecular formula is C14H17N3O2. The van der Waals surface area contributed by atoms with E-state index in [1.807, 2.05) is 0 Å². The van der Waals surface area contributed by atoms with Gasteiger partial charge in [-0.3, -0.25) is 4.79 Å². The van der Waals surface area contributed by atoms with Crippen molar-refractivity contribution < 1.29 is 4.79 Å². The highest BCUT2D eigenvalue weighted by molar-refractivity contribution is 5.79. The second-order valence-corrected chi connectivity index (χ2v) is 5.30.